The molecule has 236 valence electrons. The molecular formula is C34H64O6. The van der Waals surface area contributed by atoms with Crippen LogP contribution in [0.15, 0.2) is 12.2 Å². The molecule has 0 rings (SSSR count). The highest BCUT2D eigenvalue weighted by molar-refractivity contribution is 5.91. The van der Waals surface area contributed by atoms with Crippen LogP contribution in [0, 0.1) is 11.8 Å². The second-order valence-corrected chi connectivity index (χ2v) is 11.8. The lowest BCUT2D eigenvalue weighted by Crippen LogP contribution is -2.28. The largest absolute Gasteiger partial charge is 0.459 e. The molecule has 0 spiro atoms. The highest BCUT2D eigenvalue weighted by atomic mass is 16.5. The summed E-state index contributed by atoms with van der Waals surface area (Å²) in [6, 6.07) is 0. The standard InChI is InChI=1S/C34H64O6/c1-5-7-9-11-13-15-17-19-21-23-31(29(3)27-35)39-33(37)25-26-34(38)40-32(30(4)28-36)24-22-20-18-16-14-12-10-8-6-2/h25-26,29-32,35-36H,5-24,27-28H2,1-4H3/b26-25-. The fraction of sp³-hybridized carbons (Fsp3) is 0.882. The molecule has 0 aliphatic carbocycles. The van der Waals surface area contributed by atoms with Crippen molar-refractivity contribution in [2.24, 2.45) is 11.8 Å². The topological polar surface area (TPSA) is 93.1 Å². The molecule has 6 nitrogen and oxygen atoms in total. The van der Waals surface area contributed by atoms with Crippen molar-refractivity contribution in [3.8, 4) is 0 Å². The van der Waals surface area contributed by atoms with Gasteiger partial charge < -0.3 is 19.7 Å². The van der Waals surface area contributed by atoms with Crippen molar-refractivity contribution in [3.05, 3.63) is 12.2 Å². The number of unbranched alkanes of at least 4 members (excludes halogenated alkanes) is 16. The summed E-state index contributed by atoms with van der Waals surface area (Å²) in [6.45, 7) is 8.09. The van der Waals surface area contributed by atoms with Crippen molar-refractivity contribution in [2.75, 3.05) is 13.2 Å². The van der Waals surface area contributed by atoms with Gasteiger partial charge in [0.1, 0.15) is 12.2 Å². The third kappa shape index (κ3) is 22.3. The van der Waals surface area contributed by atoms with E-state index in [1.807, 2.05) is 13.8 Å². The van der Waals surface area contributed by atoms with Gasteiger partial charge in [-0.15, -0.1) is 0 Å². The van der Waals surface area contributed by atoms with Crippen LogP contribution >= 0.6 is 0 Å². The summed E-state index contributed by atoms with van der Waals surface area (Å²) in [5.74, 6) is -1.51. The van der Waals surface area contributed by atoms with E-state index < -0.39 is 11.9 Å². The first-order valence-electron chi connectivity index (χ1n) is 16.7. The Morgan fingerprint density at radius 2 is 0.800 bits per heavy atom. The summed E-state index contributed by atoms with van der Waals surface area (Å²) in [5.41, 5.74) is 0. The van der Waals surface area contributed by atoms with Crippen LogP contribution in [0.5, 0.6) is 0 Å². The number of rotatable bonds is 28. The van der Waals surface area contributed by atoms with Crippen molar-refractivity contribution in [1.82, 2.24) is 0 Å². The average Bonchev–Trinajstić information content (AvgIpc) is 2.96. The molecular weight excluding hydrogens is 504 g/mol. The molecule has 40 heavy (non-hydrogen) atoms. The highest BCUT2D eigenvalue weighted by Crippen LogP contribution is 2.19. The molecule has 0 aromatic rings. The van der Waals surface area contributed by atoms with E-state index in [2.05, 4.69) is 13.8 Å². The molecule has 0 aromatic carbocycles. The average molecular weight is 569 g/mol. The number of hydrogen-bond acceptors (Lipinski definition) is 6. The van der Waals surface area contributed by atoms with Gasteiger partial charge in [0.25, 0.3) is 0 Å². The van der Waals surface area contributed by atoms with Crippen molar-refractivity contribution in [2.45, 2.75) is 168 Å². The van der Waals surface area contributed by atoms with Gasteiger partial charge in [-0.1, -0.05) is 130 Å². The van der Waals surface area contributed by atoms with Crippen molar-refractivity contribution in [3.63, 3.8) is 0 Å². The van der Waals surface area contributed by atoms with Gasteiger partial charge in [0.05, 0.1) is 0 Å². The Morgan fingerprint density at radius 1 is 0.525 bits per heavy atom. The first kappa shape index (κ1) is 38.6. The summed E-state index contributed by atoms with van der Waals surface area (Å²) in [5, 5.41) is 19.2. The van der Waals surface area contributed by atoms with Crippen LogP contribution in [0.4, 0.5) is 0 Å². The lowest BCUT2D eigenvalue weighted by atomic mass is 9.98. The normalized spacial score (nSPS) is 14.7. The van der Waals surface area contributed by atoms with Crippen LogP contribution in [-0.4, -0.2) is 47.6 Å². The number of hydrogen-bond donors (Lipinski definition) is 2. The number of ether oxygens (including phenoxy) is 2. The molecule has 0 aromatic heterocycles. The number of carbonyl (C=O) groups excluding carboxylic acids is 2. The van der Waals surface area contributed by atoms with Gasteiger partial charge in [0.15, 0.2) is 0 Å². The van der Waals surface area contributed by atoms with Crippen molar-refractivity contribution < 1.29 is 29.3 Å². The zero-order valence-corrected chi connectivity index (χ0v) is 26.5. The summed E-state index contributed by atoms with van der Waals surface area (Å²) in [7, 11) is 0. The summed E-state index contributed by atoms with van der Waals surface area (Å²) < 4.78 is 11.2. The minimum atomic E-state index is -0.594. The van der Waals surface area contributed by atoms with Gasteiger partial charge in [-0.25, -0.2) is 9.59 Å². The Hall–Kier alpha value is -1.40. The highest BCUT2D eigenvalue weighted by Gasteiger charge is 2.22. The van der Waals surface area contributed by atoms with Crippen LogP contribution in [0.3, 0.4) is 0 Å². The summed E-state index contributed by atoms with van der Waals surface area (Å²) >= 11 is 0. The van der Waals surface area contributed by atoms with Crippen LogP contribution in [-0.2, 0) is 19.1 Å². The van der Waals surface area contributed by atoms with E-state index in [-0.39, 0.29) is 37.3 Å². The van der Waals surface area contributed by atoms with E-state index in [1.165, 1.54) is 89.9 Å². The molecule has 0 aliphatic rings. The van der Waals surface area contributed by atoms with Crippen LogP contribution in [0.1, 0.15) is 156 Å². The SMILES string of the molecule is CCCCCCCCCCCC(OC(=O)/C=C\C(=O)OC(CCCCCCCCCCC)C(C)CO)C(C)CO. The lowest BCUT2D eigenvalue weighted by Gasteiger charge is -2.23. The minimum absolute atomic E-state index is 0.0548. The van der Waals surface area contributed by atoms with Crippen LogP contribution in [0.25, 0.3) is 0 Å². The Balaban J connectivity index is 4.43. The Labute approximate surface area is 246 Å². The smallest absolute Gasteiger partial charge is 0.331 e. The monoisotopic (exact) mass is 568 g/mol. The maximum absolute atomic E-state index is 12.4. The van der Waals surface area contributed by atoms with E-state index in [0.29, 0.717) is 12.8 Å². The zero-order chi connectivity index (χ0) is 29.8. The second-order valence-electron chi connectivity index (χ2n) is 11.8. The quantitative estimate of drug-likeness (QED) is 0.0559. The summed E-state index contributed by atoms with van der Waals surface area (Å²) in [4.78, 5) is 24.9. The summed E-state index contributed by atoms with van der Waals surface area (Å²) in [6.07, 6.45) is 24.8. The first-order chi connectivity index (χ1) is 19.4. The first-order valence-corrected chi connectivity index (χ1v) is 16.7. The molecule has 0 radical (unpaired) electrons. The van der Waals surface area contributed by atoms with Gasteiger partial charge in [-0.05, 0) is 25.7 Å². The number of aliphatic hydroxyl groups is 2. The molecule has 0 amide bonds. The van der Waals surface area contributed by atoms with Crippen molar-refractivity contribution >= 4 is 11.9 Å². The lowest BCUT2D eigenvalue weighted by molar-refractivity contribution is -0.149. The molecule has 0 heterocycles. The van der Waals surface area contributed by atoms with Gasteiger partial charge in [0.2, 0.25) is 0 Å². The second kappa shape index (κ2) is 27.8. The molecule has 0 saturated heterocycles. The third-order valence-corrected chi connectivity index (χ3v) is 7.92. The molecule has 6 heteroatoms. The van der Waals surface area contributed by atoms with E-state index in [9.17, 15) is 19.8 Å². The molecule has 0 saturated carbocycles. The number of carbonyl (C=O) groups is 2. The molecule has 4 atom stereocenters. The molecule has 0 aliphatic heterocycles. The molecule has 0 bridgehead atoms. The van der Waals surface area contributed by atoms with Gasteiger partial charge in [-0.2, -0.15) is 0 Å². The molecule has 0 fully saturated rings. The Morgan fingerprint density at radius 3 is 1.07 bits per heavy atom. The van der Waals surface area contributed by atoms with Gasteiger partial charge in [-0.3, -0.25) is 0 Å². The predicted octanol–water partition coefficient (Wildman–Crippen LogP) is 8.46. The van der Waals surface area contributed by atoms with Crippen LogP contribution < -0.4 is 0 Å². The zero-order valence-electron chi connectivity index (χ0n) is 26.5. The fourth-order valence-electron chi connectivity index (χ4n) is 4.98. The van der Waals surface area contributed by atoms with Crippen LogP contribution in [0.2, 0.25) is 0 Å². The number of aliphatic hydroxyl groups excluding tert-OH is 2. The third-order valence-electron chi connectivity index (χ3n) is 7.92. The maximum Gasteiger partial charge on any atom is 0.331 e. The van der Waals surface area contributed by atoms with E-state index in [0.717, 1.165) is 37.8 Å². The molecule has 4 unspecified atom stereocenters. The maximum atomic E-state index is 12.4. The van der Waals surface area contributed by atoms with E-state index in [4.69, 9.17) is 9.47 Å². The molecule has 2 N–H and O–H groups in total. The Bertz CT molecular complexity index is 568. The number of esters is 2. The minimum Gasteiger partial charge on any atom is -0.459 e. The Kier molecular flexibility index (Phi) is 26.8. The van der Waals surface area contributed by atoms with Gasteiger partial charge >= 0.3 is 11.9 Å². The van der Waals surface area contributed by atoms with E-state index >= 15 is 0 Å². The predicted molar refractivity (Wildman–Crippen MR) is 165 cm³/mol. The van der Waals surface area contributed by atoms with Crippen molar-refractivity contribution in [1.29, 1.82) is 0 Å². The van der Waals surface area contributed by atoms with E-state index in [1.54, 1.807) is 0 Å². The van der Waals surface area contributed by atoms with Gasteiger partial charge in [0, 0.05) is 37.2 Å². The fourth-order valence-corrected chi connectivity index (χ4v) is 4.98.